The number of aromatic amines is 1. The minimum absolute atomic E-state index is 0.205. The minimum atomic E-state index is -4.67. The number of aryl methyl sites for hydroxylation is 1. The Morgan fingerprint density at radius 1 is 1.24 bits per heavy atom. The number of methoxy groups -OCH3 is 1. The summed E-state index contributed by atoms with van der Waals surface area (Å²) in [7, 11) is 1.53. The van der Waals surface area contributed by atoms with E-state index >= 15 is 0 Å². The third kappa shape index (κ3) is 3.37. The lowest BCUT2D eigenvalue weighted by atomic mass is 10.1. The number of alkyl halides is 3. The standard InChI is InChI=1S/C15H12F3N5O2/c1-7-10(5-8-3-4-9(25-2)6-11(8)19-7)12(24)20-14-21-13(22-23-14)15(16,17)18/h3-6H,1-2H3,(H2,20,21,22,23,24). The molecule has 10 heteroatoms. The number of hydrogen-bond donors (Lipinski definition) is 2. The van der Waals surface area contributed by atoms with E-state index in [9.17, 15) is 18.0 Å². The zero-order chi connectivity index (χ0) is 18.2. The van der Waals surface area contributed by atoms with Crippen LogP contribution in [0.3, 0.4) is 0 Å². The van der Waals surface area contributed by atoms with Crippen molar-refractivity contribution in [3.8, 4) is 5.75 Å². The molecule has 2 aromatic heterocycles. The van der Waals surface area contributed by atoms with Crippen molar-refractivity contribution >= 4 is 22.8 Å². The molecular weight excluding hydrogens is 339 g/mol. The molecule has 25 heavy (non-hydrogen) atoms. The number of nitrogens with one attached hydrogen (secondary N) is 2. The fourth-order valence-electron chi connectivity index (χ4n) is 2.21. The maximum absolute atomic E-state index is 12.5. The van der Waals surface area contributed by atoms with Gasteiger partial charge >= 0.3 is 6.18 Å². The number of aromatic nitrogens is 4. The van der Waals surface area contributed by atoms with Crippen LogP contribution < -0.4 is 10.1 Å². The number of amides is 1. The van der Waals surface area contributed by atoms with Crippen LogP contribution in [0.25, 0.3) is 10.9 Å². The Morgan fingerprint density at radius 2 is 2.00 bits per heavy atom. The highest BCUT2D eigenvalue weighted by molar-refractivity contribution is 6.06. The highest BCUT2D eigenvalue weighted by Gasteiger charge is 2.35. The maximum atomic E-state index is 12.5. The molecular formula is C15H12F3N5O2. The van der Waals surface area contributed by atoms with Crippen molar-refractivity contribution in [3.63, 3.8) is 0 Å². The number of pyridine rings is 1. The van der Waals surface area contributed by atoms with Gasteiger partial charge in [0.05, 0.1) is 23.9 Å². The van der Waals surface area contributed by atoms with Crippen molar-refractivity contribution in [1.82, 2.24) is 20.2 Å². The van der Waals surface area contributed by atoms with Gasteiger partial charge < -0.3 is 4.74 Å². The average molecular weight is 351 g/mol. The molecule has 0 aliphatic heterocycles. The Hall–Kier alpha value is -3.17. The minimum Gasteiger partial charge on any atom is -0.497 e. The summed E-state index contributed by atoms with van der Waals surface area (Å²) in [6, 6.07) is 6.75. The normalized spacial score (nSPS) is 11.6. The SMILES string of the molecule is COc1ccc2cc(C(=O)Nc3n[nH]c(C(F)(F)F)n3)c(C)nc2c1. The number of fused-ring (bicyclic) bond motifs is 1. The van der Waals surface area contributed by atoms with Crippen LogP contribution in [-0.2, 0) is 6.18 Å². The molecule has 0 spiro atoms. The molecule has 0 aliphatic rings. The Balaban J connectivity index is 1.89. The molecule has 130 valence electrons. The van der Waals surface area contributed by atoms with Gasteiger partial charge in [-0.2, -0.15) is 18.2 Å². The highest BCUT2D eigenvalue weighted by Crippen LogP contribution is 2.26. The van der Waals surface area contributed by atoms with Crippen LogP contribution in [0.1, 0.15) is 21.9 Å². The summed E-state index contributed by atoms with van der Waals surface area (Å²) in [5.41, 5.74) is 1.24. The van der Waals surface area contributed by atoms with E-state index in [4.69, 9.17) is 4.74 Å². The first-order valence-electron chi connectivity index (χ1n) is 7.04. The molecule has 1 amide bonds. The summed E-state index contributed by atoms with van der Waals surface area (Å²) < 4.78 is 42.6. The number of anilines is 1. The largest absolute Gasteiger partial charge is 0.497 e. The number of ether oxygens (including phenoxy) is 1. The van der Waals surface area contributed by atoms with Crippen molar-refractivity contribution in [2.45, 2.75) is 13.1 Å². The van der Waals surface area contributed by atoms with Gasteiger partial charge in [0.15, 0.2) is 0 Å². The lowest BCUT2D eigenvalue weighted by Crippen LogP contribution is -2.15. The number of hydrogen-bond acceptors (Lipinski definition) is 5. The predicted molar refractivity (Wildman–Crippen MR) is 82.4 cm³/mol. The second kappa shape index (κ2) is 6.04. The lowest BCUT2D eigenvalue weighted by molar-refractivity contribution is -0.144. The third-order valence-corrected chi connectivity index (χ3v) is 3.44. The molecule has 0 fully saturated rings. The van der Waals surface area contributed by atoms with Gasteiger partial charge in [0.2, 0.25) is 11.8 Å². The number of rotatable bonds is 3. The van der Waals surface area contributed by atoms with Gasteiger partial charge in [-0.1, -0.05) is 0 Å². The van der Waals surface area contributed by atoms with Crippen LogP contribution in [0, 0.1) is 6.92 Å². The Labute approximate surface area is 139 Å². The van der Waals surface area contributed by atoms with Crippen molar-refractivity contribution in [2.75, 3.05) is 12.4 Å². The summed E-state index contributed by atoms with van der Waals surface area (Å²) in [5, 5.41) is 7.97. The second-order valence-electron chi connectivity index (χ2n) is 5.14. The van der Waals surface area contributed by atoms with Gasteiger partial charge in [0.1, 0.15) is 5.75 Å². The molecule has 0 bridgehead atoms. The second-order valence-corrected chi connectivity index (χ2v) is 5.14. The molecule has 0 atom stereocenters. The van der Waals surface area contributed by atoms with E-state index in [1.807, 2.05) is 0 Å². The van der Waals surface area contributed by atoms with Crippen LogP contribution in [0.4, 0.5) is 19.1 Å². The Morgan fingerprint density at radius 3 is 2.64 bits per heavy atom. The monoisotopic (exact) mass is 351 g/mol. The number of nitrogens with zero attached hydrogens (tertiary/aromatic N) is 3. The van der Waals surface area contributed by atoms with Gasteiger partial charge in [0, 0.05) is 11.5 Å². The fourth-order valence-corrected chi connectivity index (χ4v) is 2.21. The molecule has 0 saturated heterocycles. The number of benzene rings is 1. The predicted octanol–water partition coefficient (Wildman–Crippen LogP) is 2.94. The Kier molecular flexibility index (Phi) is 4.03. The zero-order valence-corrected chi connectivity index (χ0v) is 13.1. The first-order valence-corrected chi connectivity index (χ1v) is 7.04. The van der Waals surface area contributed by atoms with E-state index in [0.717, 1.165) is 0 Å². The quantitative estimate of drug-likeness (QED) is 0.757. The van der Waals surface area contributed by atoms with E-state index in [2.05, 4.69) is 20.4 Å². The first-order chi connectivity index (χ1) is 11.8. The third-order valence-electron chi connectivity index (χ3n) is 3.44. The van der Waals surface area contributed by atoms with Crippen LogP contribution in [-0.4, -0.2) is 33.2 Å². The number of H-pyrrole nitrogens is 1. The summed E-state index contributed by atoms with van der Waals surface area (Å²) in [4.78, 5) is 19.8. The lowest BCUT2D eigenvalue weighted by Gasteiger charge is -2.08. The molecule has 2 N–H and O–H groups in total. The average Bonchev–Trinajstić information content (AvgIpc) is 3.02. The van der Waals surface area contributed by atoms with E-state index in [-0.39, 0.29) is 5.56 Å². The van der Waals surface area contributed by atoms with E-state index in [0.29, 0.717) is 22.3 Å². The molecule has 3 rings (SSSR count). The zero-order valence-electron chi connectivity index (χ0n) is 13.1. The Bertz CT molecular complexity index is 952. The molecule has 0 radical (unpaired) electrons. The van der Waals surface area contributed by atoms with Crippen LogP contribution in [0.15, 0.2) is 24.3 Å². The van der Waals surface area contributed by atoms with E-state index in [1.54, 1.807) is 36.3 Å². The van der Waals surface area contributed by atoms with Crippen molar-refractivity contribution in [3.05, 3.63) is 41.3 Å². The fraction of sp³-hybridized carbons (Fsp3) is 0.200. The molecule has 2 heterocycles. The number of carbonyl (C=O) groups is 1. The van der Waals surface area contributed by atoms with Crippen LogP contribution >= 0.6 is 0 Å². The first kappa shape index (κ1) is 16.7. The van der Waals surface area contributed by atoms with Crippen LogP contribution in [0.5, 0.6) is 5.75 Å². The highest BCUT2D eigenvalue weighted by atomic mass is 19.4. The summed E-state index contributed by atoms with van der Waals surface area (Å²) in [6.45, 7) is 1.62. The summed E-state index contributed by atoms with van der Waals surface area (Å²) in [6.07, 6.45) is -4.67. The van der Waals surface area contributed by atoms with Gasteiger partial charge in [-0.15, -0.1) is 5.10 Å². The van der Waals surface area contributed by atoms with E-state index in [1.165, 1.54) is 7.11 Å². The van der Waals surface area contributed by atoms with Gasteiger partial charge in [-0.05, 0) is 25.1 Å². The van der Waals surface area contributed by atoms with Gasteiger partial charge in [0.25, 0.3) is 5.91 Å². The molecule has 1 aromatic carbocycles. The summed E-state index contributed by atoms with van der Waals surface area (Å²) >= 11 is 0. The molecule has 3 aromatic rings. The molecule has 0 aliphatic carbocycles. The number of carbonyl (C=O) groups excluding carboxylic acids is 1. The number of halogens is 3. The molecule has 0 unspecified atom stereocenters. The van der Waals surface area contributed by atoms with Gasteiger partial charge in [-0.25, -0.2) is 0 Å². The maximum Gasteiger partial charge on any atom is 0.451 e. The van der Waals surface area contributed by atoms with Crippen molar-refractivity contribution in [1.29, 1.82) is 0 Å². The van der Waals surface area contributed by atoms with E-state index < -0.39 is 23.9 Å². The topological polar surface area (TPSA) is 92.8 Å². The van der Waals surface area contributed by atoms with Crippen LogP contribution in [0.2, 0.25) is 0 Å². The molecule has 0 saturated carbocycles. The van der Waals surface area contributed by atoms with Gasteiger partial charge in [-0.3, -0.25) is 20.2 Å². The molecule has 7 nitrogen and oxygen atoms in total. The van der Waals surface area contributed by atoms with Crippen molar-refractivity contribution < 1.29 is 22.7 Å². The summed E-state index contributed by atoms with van der Waals surface area (Å²) in [5.74, 6) is -1.79. The smallest absolute Gasteiger partial charge is 0.451 e. The van der Waals surface area contributed by atoms with Crippen molar-refractivity contribution in [2.24, 2.45) is 0 Å².